The lowest BCUT2D eigenvalue weighted by atomic mass is 10.1. The third-order valence-electron chi connectivity index (χ3n) is 3.27. The second kappa shape index (κ2) is 10.6. The van der Waals surface area contributed by atoms with Crippen LogP contribution >= 0.6 is 11.3 Å². The summed E-state index contributed by atoms with van der Waals surface area (Å²) in [6.07, 6.45) is 6.04. The number of hydrogen-bond acceptors (Lipinski definition) is 3. The molecule has 0 aliphatic heterocycles. The molecule has 1 unspecified atom stereocenters. The second-order valence-electron chi connectivity index (χ2n) is 5.32. The first-order valence-electron chi connectivity index (χ1n) is 8.17. The molecule has 2 N–H and O–H groups in total. The fraction of sp³-hybridized carbons (Fsp3) is 0.750. The molecule has 1 atom stereocenters. The molecule has 0 saturated heterocycles. The highest BCUT2D eigenvalue weighted by Gasteiger charge is 2.05. The van der Waals surface area contributed by atoms with Crippen LogP contribution in [0, 0.1) is 0 Å². The average Bonchev–Trinajstić information content (AvgIpc) is 2.93. The van der Waals surface area contributed by atoms with Crippen molar-refractivity contribution >= 4 is 17.3 Å². The van der Waals surface area contributed by atoms with E-state index in [0.717, 1.165) is 24.6 Å². The molecule has 0 aliphatic rings. The van der Waals surface area contributed by atoms with Gasteiger partial charge in [-0.25, -0.2) is 9.98 Å². The minimum Gasteiger partial charge on any atom is -0.357 e. The smallest absolute Gasteiger partial charge is 0.191 e. The topological polar surface area (TPSA) is 49.3 Å². The van der Waals surface area contributed by atoms with Crippen molar-refractivity contribution in [2.24, 2.45) is 4.99 Å². The van der Waals surface area contributed by atoms with Crippen LogP contribution < -0.4 is 10.6 Å². The third kappa shape index (κ3) is 7.46. The van der Waals surface area contributed by atoms with Gasteiger partial charge in [0.25, 0.3) is 0 Å². The van der Waals surface area contributed by atoms with Gasteiger partial charge in [0.05, 0.1) is 17.2 Å². The Morgan fingerprint density at radius 3 is 2.76 bits per heavy atom. The number of aliphatic imine (C=N–C) groups is 1. The van der Waals surface area contributed by atoms with Crippen molar-refractivity contribution in [2.45, 2.75) is 72.4 Å². The molecule has 1 aromatic rings. The summed E-state index contributed by atoms with van der Waals surface area (Å²) in [7, 11) is 0. The Hall–Kier alpha value is -1.10. The molecule has 0 spiro atoms. The van der Waals surface area contributed by atoms with Gasteiger partial charge in [-0.1, -0.05) is 33.1 Å². The predicted molar refractivity (Wildman–Crippen MR) is 93.0 cm³/mol. The summed E-state index contributed by atoms with van der Waals surface area (Å²) in [6, 6.07) is 0.455. The molecule has 21 heavy (non-hydrogen) atoms. The zero-order valence-electron chi connectivity index (χ0n) is 13.9. The van der Waals surface area contributed by atoms with E-state index < -0.39 is 0 Å². The summed E-state index contributed by atoms with van der Waals surface area (Å²) in [5.74, 6) is 0.896. The maximum atomic E-state index is 4.64. The highest BCUT2D eigenvalue weighted by molar-refractivity contribution is 7.09. The molecule has 0 bridgehead atoms. The van der Waals surface area contributed by atoms with Gasteiger partial charge < -0.3 is 10.6 Å². The lowest BCUT2D eigenvalue weighted by Gasteiger charge is -2.17. The van der Waals surface area contributed by atoms with E-state index in [1.54, 1.807) is 11.3 Å². The Kier molecular flexibility index (Phi) is 9.06. The van der Waals surface area contributed by atoms with Crippen LogP contribution in [0.5, 0.6) is 0 Å². The number of hydrogen-bond donors (Lipinski definition) is 2. The van der Waals surface area contributed by atoms with Crippen molar-refractivity contribution in [1.29, 1.82) is 0 Å². The van der Waals surface area contributed by atoms with Crippen LogP contribution in [0.3, 0.4) is 0 Å². The lowest BCUT2D eigenvalue weighted by Crippen LogP contribution is -2.42. The molecule has 0 fully saturated rings. The molecule has 4 nitrogen and oxygen atoms in total. The number of rotatable bonds is 9. The van der Waals surface area contributed by atoms with E-state index in [1.165, 1.54) is 30.7 Å². The molecule has 1 aromatic heterocycles. The van der Waals surface area contributed by atoms with Gasteiger partial charge >= 0.3 is 0 Å². The number of unbranched alkanes of at least 4 members (excludes halogenated alkanes) is 2. The van der Waals surface area contributed by atoms with Crippen LogP contribution in [0.25, 0.3) is 0 Å². The Morgan fingerprint density at radius 1 is 1.33 bits per heavy atom. The molecule has 0 aromatic carbocycles. The van der Waals surface area contributed by atoms with E-state index in [-0.39, 0.29) is 0 Å². The Balaban J connectivity index is 2.48. The van der Waals surface area contributed by atoms with Crippen molar-refractivity contribution in [3.63, 3.8) is 0 Å². The van der Waals surface area contributed by atoms with Crippen LogP contribution in [-0.2, 0) is 13.0 Å². The first-order chi connectivity index (χ1) is 10.2. The zero-order chi connectivity index (χ0) is 15.5. The lowest BCUT2D eigenvalue weighted by molar-refractivity contribution is 0.546. The standard InChI is InChI=1S/C16H30N4S/c1-5-8-9-10-13(4)19-16(17-7-3)18-11-14-12-21-15(6-2)20-14/h12-13H,5-11H2,1-4H3,(H2,17,18,19). The summed E-state index contributed by atoms with van der Waals surface area (Å²) in [5, 5.41) is 10.1. The molecule has 0 aliphatic carbocycles. The monoisotopic (exact) mass is 310 g/mol. The Morgan fingerprint density at radius 2 is 2.14 bits per heavy atom. The van der Waals surface area contributed by atoms with Gasteiger partial charge in [-0.2, -0.15) is 0 Å². The minimum absolute atomic E-state index is 0.455. The number of guanidine groups is 1. The van der Waals surface area contributed by atoms with Gasteiger partial charge in [0.15, 0.2) is 5.96 Å². The first-order valence-corrected chi connectivity index (χ1v) is 9.05. The maximum Gasteiger partial charge on any atom is 0.191 e. The second-order valence-corrected chi connectivity index (χ2v) is 6.27. The van der Waals surface area contributed by atoms with Gasteiger partial charge in [-0.05, 0) is 26.7 Å². The summed E-state index contributed by atoms with van der Waals surface area (Å²) < 4.78 is 0. The first kappa shape index (κ1) is 18.0. The van der Waals surface area contributed by atoms with Crippen molar-refractivity contribution in [3.05, 3.63) is 16.1 Å². The van der Waals surface area contributed by atoms with E-state index >= 15 is 0 Å². The fourth-order valence-electron chi connectivity index (χ4n) is 2.07. The van der Waals surface area contributed by atoms with Crippen LogP contribution in [0.4, 0.5) is 0 Å². The molecule has 0 saturated carbocycles. The Bertz CT molecular complexity index is 414. The molecular formula is C16H30N4S. The highest BCUT2D eigenvalue weighted by atomic mass is 32.1. The number of nitrogens with one attached hydrogen (secondary N) is 2. The SMILES string of the molecule is CCCCCC(C)NC(=NCc1csc(CC)n1)NCC. The van der Waals surface area contributed by atoms with Crippen LogP contribution in [-0.4, -0.2) is 23.5 Å². The van der Waals surface area contributed by atoms with Crippen molar-refractivity contribution < 1.29 is 0 Å². The number of thiazole rings is 1. The van der Waals surface area contributed by atoms with E-state index in [2.05, 4.69) is 53.7 Å². The van der Waals surface area contributed by atoms with Gasteiger partial charge in [0.2, 0.25) is 0 Å². The van der Waals surface area contributed by atoms with Gasteiger partial charge in [0, 0.05) is 18.0 Å². The fourth-order valence-corrected chi connectivity index (χ4v) is 2.81. The Labute approximate surface area is 133 Å². The van der Waals surface area contributed by atoms with Gasteiger partial charge in [0.1, 0.15) is 0 Å². The van der Waals surface area contributed by atoms with E-state index in [1.807, 2.05) is 0 Å². The minimum atomic E-state index is 0.455. The third-order valence-corrected chi connectivity index (χ3v) is 4.31. The molecule has 1 rings (SSSR count). The molecule has 0 radical (unpaired) electrons. The molecule has 1 heterocycles. The maximum absolute atomic E-state index is 4.64. The normalized spacial score (nSPS) is 13.2. The van der Waals surface area contributed by atoms with Gasteiger partial charge in [-0.3, -0.25) is 0 Å². The largest absolute Gasteiger partial charge is 0.357 e. The van der Waals surface area contributed by atoms with Crippen molar-refractivity contribution in [3.8, 4) is 0 Å². The number of nitrogens with zero attached hydrogens (tertiary/aromatic N) is 2. The predicted octanol–water partition coefficient (Wildman–Crippen LogP) is 3.73. The molecular weight excluding hydrogens is 280 g/mol. The van der Waals surface area contributed by atoms with E-state index in [0.29, 0.717) is 12.6 Å². The van der Waals surface area contributed by atoms with E-state index in [4.69, 9.17) is 0 Å². The number of aromatic nitrogens is 1. The summed E-state index contributed by atoms with van der Waals surface area (Å²) >= 11 is 1.72. The zero-order valence-corrected chi connectivity index (χ0v) is 14.7. The molecule has 5 heteroatoms. The van der Waals surface area contributed by atoms with Crippen LogP contribution in [0.2, 0.25) is 0 Å². The number of aryl methyl sites for hydroxylation is 1. The summed E-state index contributed by atoms with van der Waals surface area (Å²) in [4.78, 5) is 9.19. The highest BCUT2D eigenvalue weighted by Crippen LogP contribution is 2.11. The van der Waals surface area contributed by atoms with Gasteiger partial charge in [-0.15, -0.1) is 11.3 Å². The van der Waals surface area contributed by atoms with Crippen molar-refractivity contribution in [1.82, 2.24) is 15.6 Å². The molecule has 120 valence electrons. The summed E-state index contributed by atoms with van der Waals surface area (Å²) in [6.45, 7) is 10.2. The van der Waals surface area contributed by atoms with Crippen LogP contribution in [0.1, 0.15) is 64.1 Å². The molecule has 0 amide bonds. The van der Waals surface area contributed by atoms with E-state index in [9.17, 15) is 0 Å². The van der Waals surface area contributed by atoms with Crippen LogP contribution in [0.15, 0.2) is 10.4 Å². The quantitative estimate of drug-likeness (QED) is 0.415. The average molecular weight is 311 g/mol. The van der Waals surface area contributed by atoms with Crippen molar-refractivity contribution in [2.75, 3.05) is 6.54 Å². The summed E-state index contributed by atoms with van der Waals surface area (Å²) in [5.41, 5.74) is 1.06.